The average Bonchev–Trinajstić information content (AvgIpc) is 3.59. The summed E-state index contributed by atoms with van der Waals surface area (Å²) in [4.78, 5) is 30.1. The summed E-state index contributed by atoms with van der Waals surface area (Å²) in [5.74, 6) is 1.90. The van der Waals surface area contributed by atoms with Crippen molar-refractivity contribution in [1.82, 2.24) is 19.4 Å². The van der Waals surface area contributed by atoms with Crippen LogP contribution >= 0.6 is 0 Å². The zero-order valence-corrected chi connectivity index (χ0v) is 24.6. The van der Waals surface area contributed by atoms with Gasteiger partial charge in [0.1, 0.15) is 30.3 Å². The van der Waals surface area contributed by atoms with Crippen LogP contribution in [0.5, 0.6) is 5.75 Å². The predicted molar refractivity (Wildman–Crippen MR) is 156 cm³/mol. The van der Waals surface area contributed by atoms with E-state index in [4.69, 9.17) is 23.9 Å². The Balaban J connectivity index is 1.32. The van der Waals surface area contributed by atoms with Gasteiger partial charge in [0.2, 0.25) is 0 Å². The molecule has 2 fully saturated rings. The van der Waals surface area contributed by atoms with Gasteiger partial charge in [-0.2, -0.15) is 0 Å². The summed E-state index contributed by atoms with van der Waals surface area (Å²) >= 11 is 0. The molecule has 10 nitrogen and oxygen atoms in total. The number of hydrogen-bond acceptors (Lipinski definition) is 8. The molecule has 222 valence electrons. The van der Waals surface area contributed by atoms with Crippen LogP contribution in [0.2, 0.25) is 0 Å². The van der Waals surface area contributed by atoms with E-state index in [1.54, 1.807) is 11.6 Å². The van der Waals surface area contributed by atoms with Crippen LogP contribution < -0.4 is 15.6 Å². The molecule has 2 aromatic heterocycles. The molecule has 0 bridgehead atoms. The molecule has 1 N–H and O–H groups in total. The van der Waals surface area contributed by atoms with E-state index in [2.05, 4.69) is 9.88 Å². The SMILES string of the molecule is Cc1cc(-c2nc3ccc(OCCN[C@H](C(=O)O[C@H]4CCOC4)C(C)C)cc3n2CC2CCOCC2)cn(C)c1=O. The van der Waals surface area contributed by atoms with Crippen molar-refractivity contribution in [3.8, 4) is 17.1 Å². The summed E-state index contributed by atoms with van der Waals surface area (Å²) in [6.07, 6.45) is 4.45. The van der Waals surface area contributed by atoms with Gasteiger partial charge in [-0.15, -0.1) is 0 Å². The highest BCUT2D eigenvalue weighted by atomic mass is 16.6. The molecule has 0 unspecified atom stereocenters. The highest BCUT2D eigenvalue weighted by Gasteiger charge is 2.28. The summed E-state index contributed by atoms with van der Waals surface area (Å²) in [7, 11) is 1.77. The molecule has 1 aromatic carbocycles. The third-order valence-electron chi connectivity index (χ3n) is 7.95. The van der Waals surface area contributed by atoms with Gasteiger partial charge in [0.15, 0.2) is 0 Å². The molecule has 3 aromatic rings. The van der Waals surface area contributed by atoms with Gasteiger partial charge in [-0.3, -0.25) is 9.59 Å². The normalized spacial score (nSPS) is 18.7. The molecule has 2 aliphatic rings. The van der Waals surface area contributed by atoms with Gasteiger partial charge in [0.05, 0.1) is 24.2 Å². The quantitative estimate of drug-likeness (QED) is 0.278. The Kier molecular flexibility index (Phi) is 9.42. The van der Waals surface area contributed by atoms with Crippen LogP contribution in [-0.4, -0.2) is 71.8 Å². The maximum atomic E-state index is 12.7. The van der Waals surface area contributed by atoms with Crippen LogP contribution in [-0.2, 0) is 32.6 Å². The van der Waals surface area contributed by atoms with E-state index in [9.17, 15) is 9.59 Å². The Bertz CT molecular complexity index is 1380. The summed E-state index contributed by atoms with van der Waals surface area (Å²) in [6, 6.07) is 7.46. The number of aryl methyl sites for hydroxylation is 2. The molecule has 0 radical (unpaired) electrons. The highest BCUT2D eigenvalue weighted by Crippen LogP contribution is 2.30. The minimum absolute atomic E-state index is 0.00865. The van der Waals surface area contributed by atoms with Crippen molar-refractivity contribution in [1.29, 1.82) is 0 Å². The molecule has 4 heterocycles. The van der Waals surface area contributed by atoms with Crippen LogP contribution in [0.25, 0.3) is 22.4 Å². The van der Waals surface area contributed by atoms with Crippen molar-refractivity contribution in [2.45, 2.75) is 58.7 Å². The lowest BCUT2D eigenvalue weighted by Gasteiger charge is -2.24. The van der Waals surface area contributed by atoms with Gasteiger partial charge in [0.25, 0.3) is 5.56 Å². The number of imidazole rings is 1. The minimum Gasteiger partial charge on any atom is -0.492 e. The standard InChI is InChI=1S/C31H42N4O6/c1-20(2)28(31(37)41-25-9-13-39-19-25)32-10-14-40-24-5-6-26-27(16-24)35(17-22-7-11-38-12-8-22)29(33-26)23-15-21(3)30(36)34(4)18-23/h5-6,15-16,18,20,22,25,28,32H,7-14,17,19H2,1-4H3/t25-,28-/m0/s1. The lowest BCUT2D eigenvalue weighted by Crippen LogP contribution is -2.45. The number of aromatic nitrogens is 3. The van der Waals surface area contributed by atoms with E-state index in [1.807, 2.05) is 51.2 Å². The first kappa shape index (κ1) is 29.3. The lowest BCUT2D eigenvalue weighted by molar-refractivity contribution is -0.152. The van der Waals surface area contributed by atoms with Gasteiger partial charge < -0.3 is 33.4 Å². The number of carbonyl (C=O) groups is 1. The van der Waals surface area contributed by atoms with Crippen molar-refractivity contribution in [2.75, 3.05) is 39.6 Å². The number of pyridine rings is 1. The fourth-order valence-electron chi connectivity index (χ4n) is 5.60. The molecule has 0 saturated carbocycles. The highest BCUT2D eigenvalue weighted by molar-refractivity contribution is 5.82. The number of hydrogen-bond donors (Lipinski definition) is 1. The number of fused-ring (bicyclic) bond motifs is 1. The molecular formula is C31H42N4O6. The van der Waals surface area contributed by atoms with Gasteiger partial charge in [-0.1, -0.05) is 13.8 Å². The number of carbonyl (C=O) groups excluding carboxylic acids is 1. The predicted octanol–water partition coefficient (Wildman–Crippen LogP) is 3.46. The van der Waals surface area contributed by atoms with Crippen molar-refractivity contribution in [3.05, 3.63) is 46.4 Å². The van der Waals surface area contributed by atoms with Crippen LogP contribution in [0, 0.1) is 18.8 Å². The molecule has 2 saturated heterocycles. The summed E-state index contributed by atoms with van der Waals surface area (Å²) in [6.45, 7) is 10.2. The first-order valence-corrected chi connectivity index (χ1v) is 14.7. The summed E-state index contributed by atoms with van der Waals surface area (Å²) in [5.41, 5.74) is 3.46. The minimum atomic E-state index is -0.407. The van der Waals surface area contributed by atoms with Gasteiger partial charge in [-0.25, -0.2) is 4.98 Å². The zero-order chi connectivity index (χ0) is 28.9. The van der Waals surface area contributed by atoms with Gasteiger partial charge >= 0.3 is 5.97 Å². The van der Waals surface area contributed by atoms with Crippen LogP contribution in [0.15, 0.2) is 35.3 Å². The van der Waals surface area contributed by atoms with Crippen LogP contribution in [0.3, 0.4) is 0 Å². The van der Waals surface area contributed by atoms with E-state index in [1.165, 1.54) is 0 Å². The number of benzene rings is 1. The topological polar surface area (TPSA) is 106 Å². The second-order valence-electron chi connectivity index (χ2n) is 11.5. The average molecular weight is 567 g/mol. The second-order valence-corrected chi connectivity index (χ2v) is 11.5. The Labute approximate surface area is 240 Å². The molecule has 0 aliphatic carbocycles. The first-order chi connectivity index (χ1) is 19.8. The Morgan fingerprint density at radius 3 is 2.63 bits per heavy atom. The molecule has 0 amide bonds. The van der Waals surface area contributed by atoms with E-state index < -0.39 is 6.04 Å². The Hall–Kier alpha value is -3.21. The lowest BCUT2D eigenvalue weighted by atomic mass is 10.00. The molecule has 41 heavy (non-hydrogen) atoms. The van der Waals surface area contributed by atoms with Gasteiger partial charge in [0, 0.05) is 63.2 Å². The number of ether oxygens (including phenoxy) is 4. The van der Waals surface area contributed by atoms with E-state index in [-0.39, 0.29) is 23.6 Å². The smallest absolute Gasteiger partial charge is 0.323 e. The van der Waals surface area contributed by atoms with E-state index in [0.717, 1.165) is 67.2 Å². The molecule has 2 atom stereocenters. The van der Waals surface area contributed by atoms with Crippen molar-refractivity contribution >= 4 is 17.0 Å². The monoisotopic (exact) mass is 566 g/mol. The Morgan fingerprint density at radius 2 is 1.93 bits per heavy atom. The molecule has 5 rings (SSSR count). The first-order valence-electron chi connectivity index (χ1n) is 14.7. The second kappa shape index (κ2) is 13.2. The van der Waals surface area contributed by atoms with Crippen molar-refractivity contribution in [2.24, 2.45) is 18.9 Å². The third-order valence-corrected chi connectivity index (χ3v) is 7.95. The number of nitrogens with one attached hydrogen (secondary N) is 1. The number of rotatable bonds is 11. The van der Waals surface area contributed by atoms with Crippen LogP contribution in [0.4, 0.5) is 0 Å². The summed E-state index contributed by atoms with van der Waals surface area (Å²) < 4.78 is 26.6. The third kappa shape index (κ3) is 6.99. The fourth-order valence-corrected chi connectivity index (χ4v) is 5.60. The van der Waals surface area contributed by atoms with E-state index >= 15 is 0 Å². The Morgan fingerprint density at radius 1 is 1.15 bits per heavy atom. The number of nitrogens with zero attached hydrogens (tertiary/aromatic N) is 3. The number of esters is 1. The molecule has 2 aliphatic heterocycles. The largest absolute Gasteiger partial charge is 0.492 e. The van der Waals surface area contributed by atoms with E-state index in [0.29, 0.717) is 37.8 Å². The molecule has 0 spiro atoms. The summed E-state index contributed by atoms with van der Waals surface area (Å²) in [5, 5.41) is 3.31. The molecule has 10 heteroatoms. The van der Waals surface area contributed by atoms with Crippen molar-refractivity contribution in [3.63, 3.8) is 0 Å². The fraction of sp³-hybridized carbons (Fsp3) is 0.581. The van der Waals surface area contributed by atoms with Crippen LogP contribution in [0.1, 0.15) is 38.7 Å². The molecular weight excluding hydrogens is 524 g/mol. The van der Waals surface area contributed by atoms with Crippen molar-refractivity contribution < 1.29 is 23.7 Å². The zero-order valence-electron chi connectivity index (χ0n) is 24.6. The van der Waals surface area contributed by atoms with Gasteiger partial charge in [-0.05, 0) is 49.8 Å². The maximum Gasteiger partial charge on any atom is 0.323 e. The maximum absolute atomic E-state index is 12.7.